The maximum Gasteiger partial charge on any atom is 0.267 e. The quantitative estimate of drug-likeness (QED) is 0.894. The van der Waals surface area contributed by atoms with Gasteiger partial charge in [-0.2, -0.15) is 0 Å². The molecule has 0 radical (unpaired) electrons. The Morgan fingerprint density at radius 1 is 1.22 bits per heavy atom. The zero-order chi connectivity index (χ0) is 16.0. The summed E-state index contributed by atoms with van der Waals surface area (Å²) in [5.74, 6) is -0.624. The van der Waals surface area contributed by atoms with Crippen molar-refractivity contribution < 1.29 is 9.90 Å². The summed E-state index contributed by atoms with van der Waals surface area (Å²) >= 11 is 0. The fourth-order valence-electron chi connectivity index (χ4n) is 3.95. The molecule has 23 heavy (non-hydrogen) atoms. The molecule has 1 aromatic heterocycles. The molecule has 4 rings (SSSR count). The monoisotopic (exact) mass is 312 g/mol. The molecule has 2 N–H and O–H groups in total. The van der Waals surface area contributed by atoms with Gasteiger partial charge in [0.05, 0.1) is 5.52 Å². The summed E-state index contributed by atoms with van der Waals surface area (Å²) in [6, 6.07) is 5.75. The lowest BCUT2D eigenvalue weighted by Crippen LogP contribution is -2.38. The van der Waals surface area contributed by atoms with E-state index >= 15 is 0 Å². The molecule has 0 spiro atoms. The summed E-state index contributed by atoms with van der Waals surface area (Å²) in [6.07, 6.45) is 5.85. The van der Waals surface area contributed by atoms with Crippen LogP contribution in [0.4, 0.5) is 0 Å². The Hall–Kier alpha value is -2.30. The minimum absolute atomic E-state index is 0.108. The number of aromatic nitrogens is 1. The first kappa shape index (κ1) is 14.3. The van der Waals surface area contributed by atoms with E-state index in [4.69, 9.17) is 0 Å². The molecule has 5 nitrogen and oxygen atoms in total. The van der Waals surface area contributed by atoms with Gasteiger partial charge in [-0.1, -0.05) is 25.0 Å². The lowest BCUT2D eigenvalue weighted by atomic mass is 9.99. The van der Waals surface area contributed by atoms with Crippen LogP contribution in [0.5, 0.6) is 5.75 Å². The van der Waals surface area contributed by atoms with Gasteiger partial charge in [-0.15, -0.1) is 0 Å². The van der Waals surface area contributed by atoms with E-state index in [-0.39, 0.29) is 22.9 Å². The molecule has 1 fully saturated rings. The maximum absolute atomic E-state index is 12.8. The van der Waals surface area contributed by atoms with Crippen LogP contribution in [0.1, 0.15) is 48.0 Å². The van der Waals surface area contributed by atoms with Crippen molar-refractivity contribution in [1.29, 1.82) is 0 Å². The number of aromatic hydroxyl groups is 1. The third kappa shape index (κ3) is 2.22. The molecule has 0 saturated heterocycles. The number of hydrogen-bond acceptors (Lipinski definition) is 3. The number of aryl methyl sites for hydroxylation is 2. The van der Waals surface area contributed by atoms with Crippen LogP contribution in [0.2, 0.25) is 0 Å². The third-order valence-corrected chi connectivity index (χ3v) is 5.09. The predicted octanol–water partition coefficient (Wildman–Crippen LogP) is 2.33. The fourth-order valence-corrected chi connectivity index (χ4v) is 3.95. The van der Waals surface area contributed by atoms with E-state index in [0.717, 1.165) is 49.6 Å². The lowest BCUT2D eigenvalue weighted by Gasteiger charge is -2.21. The summed E-state index contributed by atoms with van der Waals surface area (Å²) in [5.41, 5.74) is 1.35. The predicted molar refractivity (Wildman–Crippen MR) is 87.9 cm³/mol. The number of pyridine rings is 1. The van der Waals surface area contributed by atoms with Crippen molar-refractivity contribution in [3.8, 4) is 5.75 Å². The zero-order valence-corrected chi connectivity index (χ0v) is 13.0. The van der Waals surface area contributed by atoms with E-state index in [9.17, 15) is 14.7 Å². The fraction of sp³-hybridized carbons (Fsp3) is 0.444. The van der Waals surface area contributed by atoms with E-state index in [2.05, 4.69) is 5.32 Å². The summed E-state index contributed by atoms with van der Waals surface area (Å²) in [6.45, 7) is 0.594. The van der Waals surface area contributed by atoms with Gasteiger partial charge in [-0.25, -0.2) is 0 Å². The van der Waals surface area contributed by atoms with Crippen molar-refractivity contribution in [1.82, 2.24) is 9.88 Å². The van der Waals surface area contributed by atoms with Gasteiger partial charge in [-0.05, 0) is 37.3 Å². The number of para-hydroxylation sites is 1. The van der Waals surface area contributed by atoms with E-state index in [1.54, 1.807) is 10.6 Å². The van der Waals surface area contributed by atoms with Gasteiger partial charge in [0.15, 0.2) is 0 Å². The number of nitrogens with one attached hydrogen (secondary N) is 1. The van der Waals surface area contributed by atoms with Gasteiger partial charge >= 0.3 is 0 Å². The van der Waals surface area contributed by atoms with Crippen LogP contribution in [0.25, 0.3) is 10.9 Å². The standard InChI is InChI=1S/C18H20N2O3/c21-16-13-9-3-5-11-6-4-10-20(15(11)13)18(23)14(16)17(22)19-12-7-1-2-8-12/h3,5,9,12,21H,1-2,4,6-8,10H2,(H,19,22). The molecular weight excluding hydrogens is 292 g/mol. The van der Waals surface area contributed by atoms with Crippen LogP contribution in [0.3, 0.4) is 0 Å². The van der Waals surface area contributed by atoms with Crippen molar-refractivity contribution in [3.63, 3.8) is 0 Å². The van der Waals surface area contributed by atoms with E-state index in [1.807, 2.05) is 12.1 Å². The summed E-state index contributed by atoms with van der Waals surface area (Å²) in [4.78, 5) is 25.4. The number of carbonyl (C=O) groups excluding carboxylic acids is 1. The molecule has 1 amide bonds. The van der Waals surface area contributed by atoms with Crippen LogP contribution >= 0.6 is 0 Å². The average molecular weight is 312 g/mol. The third-order valence-electron chi connectivity index (χ3n) is 5.09. The van der Waals surface area contributed by atoms with Crippen molar-refractivity contribution >= 4 is 16.8 Å². The number of benzene rings is 1. The molecule has 1 aliphatic carbocycles. The van der Waals surface area contributed by atoms with E-state index in [1.165, 1.54) is 0 Å². The Bertz CT molecular complexity index is 847. The number of hydrogen-bond donors (Lipinski definition) is 2. The Kier molecular flexibility index (Phi) is 3.36. The van der Waals surface area contributed by atoms with Crippen LogP contribution in [0, 0.1) is 0 Å². The molecule has 1 aliphatic heterocycles. The number of nitrogens with zero attached hydrogens (tertiary/aromatic N) is 1. The molecule has 2 aliphatic rings. The van der Waals surface area contributed by atoms with Gasteiger partial charge < -0.3 is 15.0 Å². The first-order valence-electron chi connectivity index (χ1n) is 8.35. The second kappa shape index (κ2) is 5.41. The SMILES string of the molecule is O=C(NC1CCCC1)c1c(O)c2cccc3c2n(c1=O)CCC3. The topological polar surface area (TPSA) is 71.3 Å². The van der Waals surface area contributed by atoms with Crippen molar-refractivity contribution in [3.05, 3.63) is 39.7 Å². The molecule has 1 saturated carbocycles. The van der Waals surface area contributed by atoms with Gasteiger partial charge in [0.25, 0.3) is 11.5 Å². The van der Waals surface area contributed by atoms with Crippen molar-refractivity contribution in [2.45, 2.75) is 51.1 Å². The summed E-state index contributed by atoms with van der Waals surface area (Å²) < 4.78 is 1.65. The molecule has 1 aromatic carbocycles. The smallest absolute Gasteiger partial charge is 0.267 e. The molecule has 0 unspecified atom stereocenters. The molecule has 2 heterocycles. The second-order valence-electron chi connectivity index (χ2n) is 6.55. The molecular formula is C18H20N2O3. The highest BCUT2D eigenvalue weighted by Gasteiger charge is 2.27. The van der Waals surface area contributed by atoms with Crippen LogP contribution in [-0.4, -0.2) is 21.6 Å². The maximum atomic E-state index is 12.8. The number of amides is 1. The lowest BCUT2D eigenvalue weighted by molar-refractivity contribution is 0.0933. The Labute approximate surface area is 133 Å². The largest absolute Gasteiger partial charge is 0.506 e. The van der Waals surface area contributed by atoms with E-state index in [0.29, 0.717) is 11.9 Å². The minimum atomic E-state index is -0.443. The van der Waals surface area contributed by atoms with Gasteiger partial charge in [0, 0.05) is 18.0 Å². The van der Waals surface area contributed by atoms with Gasteiger partial charge in [-0.3, -0.25) is 9.59 Å². The highest BCUT2D eigenvalue weighted by molar-refractivity contribution is 6.03. The Balaban J connectivity index is 1.87. The van der Waals surface area contributed by atoms with Gasteiger partial charge in [0.1, 0.15) is 11.3 Å². The highest BCUT2D eigenvalue weighted by atomic mass is 16.3. The number of carbonyl (C=O) groups is 1. The molecule has 5 heteroatoms. The van der Waals surface area contributed by atoms with Gasteiger partial charge in [0.2, 0.25) is 0 Å². The van der Waals surface area contributed by atoms with E-state index < -0.39 is 5.91 Å². The highest BCUT2D eigenvalue weighted by Crippen LogP contribution is 2.31. The molecule has 2 aromatic rings. The Morgan fingerprint density at radius 3 is 2.78 bits per heavy atom. The second-order valence-corrected chi connectivity index (χ2v) is 6.55. The molecule has 0 atom stereocenters. The Morgan fingerprint density at radius 2 is 2.00 bits per heavy atom. The zero-order valence-electron chi connectivity index (χ0n) is 13.0. The summed E-state index contributed by atoms with van der Waals surface area (Å²) in [7, 11) is 0. The normalized spacial score (nSPS) is 17.6. The number of rotatable bonds is 2. The first-order valence-corrected chi connectivity index (χ1v) is 8.35. The molecule has 0 bridgehead atoms. The van der Waals surface area contributed by atoms with Crippen molar-refractivity contribution in [2.75, 3.05) is 0 Å². The minimum Gasteiger partial charge on any atom is -0.506 e. The van der Waals surface area contributed by atoms with Crippen LogP contribution in [-0.2, 0) is 13.0 Å². The molecule has 120 valence electrons. The first-order chi connectivity index (χ1) is 11.2. The van der Waals surface area contributed by atoms with Crippen LogP contribution < -0.4 is 10.9 Å². The van der Waals surface area contributed by atoms with Crippen LogP contribution in [0.15, 0.2) is 23.0 Å². The summed E-state index contributed by atoms with van der Waals surface area (Å²) in [5, 5.41) is 14.1. The van der Waals surface area contributed by atoms with Crippen molar-refractivity contribution in [2.24, 2.45) is 0 Å². The average Bonchev–Trinajstić information content (AvgIpc) is 3.05.